The number of amides is 1. The molecule has 0 bridgehead atoms. The van der Waals surface area contributed by atoms with Gasteiger partial charge in [-0.25, -0.2) is 10.2 Å². The lowest BCUT2D eigenvalue weighted by molar-refractivity contribution is 0.0729. The van der Waals surface area contributed by atoms with E-state index in [0.29, 0.717) is 22.4 Å². The first kappa shape index (κ1) is 22.0. The van der Waals surface area contributed by atoms with E-state index < -0.39 is 5.97 Å². The van der Waals surface area contributed by atoms with Crippen LogP contribution < -0.4 is 14.9 Å². The zero-order valence-corrected chi connectivity index (χ0v) is 19.5. The average Bonchev–Trinajstić information content (AvgIpc) is 2.74. The van der Waals surface area contributed by atoms with Crippen molar-refractivity contribution in [3.63, 3.8) is 0 Å². The number of hydrazone groups is 1. The molecule has 0 aliphatic carbocycles. The molecule has 0 heterocycles. The predicted octanol–water partition coefficient (Wildman–Crippen LogP) is 5.05. The molecule has 0 saturated carbocycles. The molecule has 1 amide bonds. The van der Waals surface area contributed by atoms with Crippen molar-refractivity contribution in [3.05, 3.63) is 91.5 Å². The van der Waals surface area contributed by atoms with E-state index in [1.807, 2.05) is 18.2 Å². The highest BCUT2D eigenvalue weighted by Gasteiger charge is 2.13. The van der Waals surface area contributed by atoms with Crippen molar-refractivity contribution in [1.82, 2.24) is 5.43 Å². The van der Waals surface area contributed by atoms with Crippen molar-refractivity contribution in [2.45, 2.75) is 0 Å². The third-order valence-electron chi connectivity index (χ3n) is 3.95. The lowest BCUT2D eigenvalue weighted by atomic mass is 10.2. The summed E-state index contributed by atoms with van der Waals surface area (Å²) in [6.45, 7) is 0. The number of hydrogen-bond acceptors (Lipinski definition) is 5. The summed E-state index contributed by atoms with van der Waals surface area (Å²) in [6, 6.07) is 19.1. The lowest BCUT2D eigenvalue weighted by Gasteiger charge is -2.10. The summed E-state index contributed by atoms with van der Waals surface area (Å²) in [4.78, 5) is 24.6. The molecule has 3 aromatic rings. The van der Waals surface area contributed by atoms with Crippen molar-refractivity contribution in [1.29, 1.82) is 0 Å². The number of benzene rings is 3. The highest BCUT2D eigenvalue weighted by atomic mass is 127. The molecule has 30 heavy (non-hydrogen) atoms. The smallest absolute Gasteiger partial charge is 0.343 e. The Kier molecular flexibility index (Phi) is 7.58. The molecular weight excluding hydrogens is 563 g/mol. The van der Waals surface area contributed by atoms with E-state index >= 15 is 0 Å². The van der Waals surface area contributed by atoms with Crippen LogP contribution in [-0.2, 0) is 0 Å². The van der Waals surface area contributed by atoms with Crippen LogP contribution >= 0.6 is 38.5 Å². The Bertz CT molecular complexity index is 1120. The minimum absolute atomic E-state index is 0.280. The average molecular weight is 579 g/mol. The Morgan fingerprint density at radius 2 is 1.83 bits per heavy atom. The minimum Gasteiger partial charge on any atom is -0.493 e. The summed E-state index contributed by atoms with van der Waals surface area (Å²) in [6.07, 6.45) is 1.48. The van der Waals surface area contributed by atoms with Gasteiger partial charge in [0.1, 0.15) is 0 Å². The Morgan fingerprint density at radius 3 is 2.57 bits per heavy atom. The normalized spacial score (nSPS) is 10.6. The fraction of sp³-hybridized carbons (Fsp3) is 0.0455. The molecule has 1 N–H and O–H groups in total. The Hall–Kier alpha value is -2.72. The fourth-order valence-corrected chi connectivity index (χ4v) is 3.53. The first-order chi connectivity index (χ1) is 14.5. The number of ether oxygens (including phenoxy) is 2. The molecule has 0 unspecified atom stereocenters. The number of nitrogens with one attached hydrogen (secondary N) is 1. The zero-order chi connectivity index (χ0) is 21.5. The van der Waals surface area contributed by atoms with Crippen LogP contribution in [0.5, 0.6) is 11.5 Å². The van der Waals surface area contributed by atoms with Crippen LogP contribution in [0, 0.1) is 3.57 Å². The molecule has 6 nitrogen and oxygen atoms in total. The van der Waals surface area contributed by atoms with Gasteiger partial charge in [0.25, 0.3) is 5.91 Å². The topological polar surface area (TPSA) is 77.0 Å². The van der Waals surface area contributed by atoms with Gasteiger partial charge in [-0.15, -0.1) is 0 Å². The molecule has 0 radical (unpaired) electrons. The molecule has 0 aliphatic heterocycles. The number of carbonyl (C=O) groups excluding carboxylic acids is 2. The van der Waals surface area contributed by atoms with E-state index in [1.54, 1.807) is 48.5 Å². The van der Waals surface area contributed by atoms with Crippen molar-refractivity contribution in [2.24, 2.45) is 5.10 Å². The van der Waals surface area contributed by atoms with Gasteiger partial charge in [-0.3, -0.25) is 4.79 Å². The minimum atomic E-state index is -0.499. The van der Waals surface area contributed by atoms with Crippen LogP contribution in [0.15, 0.2) is 76.3 Å². The summed E-state index contributed by atoms with van der Waals surface area (Å²) in [5.41, 5.74) is 4.11. The number of halogens is 2. The van der Waals surface area contributed by atoms with Gasteiger partial charge in [-0.05, 0) is 76.7 Å². The van der Waals surface area contributed by atoms with Crippen LogP contribution in [0.1, 0.15) is 26.3 Å². The maximum atomic E-state index is 12.4. The first-order valence-corrected chi connectivity index (χ1v) is 10.6. The van der Waals surface area contributed by atoms with Gasteiger partial charge in [0, 0.05) is 8.04 Å². The van der Waals surface area contributed by atoms with E-state index in [2.05, 4.69) is 49.0 Å². The quantitative estimate of drug-likeness (QED) is 0.146. The second-order valence-electron chi connectivity index (χ2n) is 5.99. The second kappa shape index (κ2) is 10.4. The van der Waals surface area contributed by atoms with E-state index in [1.165, 1.54) is 13.3 Å². The Labute approximate surface area is 195 Å². The molecule has 0 aliphatic rings. The number of hydrogen-bond donors (Lipinski definition) is 1. The van der Waals surface area contributed by atoms with Gasteiger partial charge in [-0.1, -0.05) is 34.1 Å². The fourth-order valence-electron chi connectivity index (χ4n) is 2.49. The summed E-state index contributed by atoms with van der Waals surface area (Å²) >= 11 is 5.42. The van der Waals surface area contributed by atoms with E-state index in [0.717, 1.165) is 8.04 Å². The number of nitrogens with zero attached hydrogens (tertiary/aromatic N) is 1. The molecule has 0 saturated heterocycles. The third-order valence-corrected chi connectivity index (χ3v) is 5.38. The maximum absolute atomic E-state index is 12.4. The molecule has 0 aromatic heterocycles. The highest BCUT2D eigenvalue weighted by molar-refractivity contribution is 14.1. The molecule has 8 heteroatoms. The maximum Gasteiger partial charge on any atom is 0.343 e. The Morgan fingerprint density at radius 1 is 1.03 bits per heavy atom. The molecule has 0 spiro atoms. The van der Waals surface area contributed by atoms with Gasteiger partial charge in [0.2, 0.25) is 0 Å². The predicted molar refractivity (Wildman–Crippen MR) is 126 cm³/mol. The summed E-state index contributed by atoms with van der Waals surface area (Å²) in [5, 5.41) is 3.99. The summed E-state index contributed by atoms with van der Waals surface area (Å²) < 4.78 is 12.4. The van der Waals surface area contributed by atoms with Crippen molar-refractivity contribution < 1.29 is 19.1 Å². The van der Waals surface area contributed by atoms with Crippen molar-refractivity contribution >= 4 is 56.6 Å². The molecule has 0 atom stereocenters. The first-order valence-electron chi connectivity index (χ1n) is 8.71. The molecule has 0 fully saturated rings. The van der Waals surface area contributed by atoms with Gasteiger partial charge < -0.3 is 9.47 Å². The lowest BCUT2D eigenvalue weighted by Crippen LogP contribution is -2.18. The SMILES string of the molecule is COc1cc(/C=N\NC(=O)c2ccccc2I)ccc1OC(=O)c1cccc(Br)c1. The standard InChI is InChI=1S/C22H16BrIN2O4/c1-29-20-11-14(13-25-26-21(27)17-7-2-3-8-18(17)24)9-10-19(20)30-22(28)15-5-4-6-16(23)12-15/h2-13H,1H3,(H,26,27)/b25-13-. The van der Waals surface area contributed by atoms with E-state index in [4.69, 9.17) is 9.47 Å². The molecular formula is C22H16BrIN2O4. The number of esters is 1. The largest absolute Gasteiger partial charge is 0.493 e. The molecule has 3 aromatic carbocycles. The van der Waals surface area contributed by atoms with Gasteiger partial charge >= 0.3 is 5.97 Å². The van der Waals surface area contributed by atoms with Crippen LogP contribution in [-0.4, -0.2) is 25.2 Å². The van der Waals surface area contributed by atoms with Gasteiger partial charge in [-0.2, -0.15) is 5.10 Å². The zero-order valence-electron chi connectivity index (χ0n) is 15.8. The number of rotatable bonds is 6. The number of carbonyl (C=O) groups is 2. The van der Waals surface area contributed by atoms with Crippen LogP contribution in [0.4, 0.5) is 0 Å². The summed E-state index contributed by atoms with van der Waals surface area (Å²) in [5.74, 6) is -0.155. The Balaban J connectivity index is 1.69. The van der Waals surface area contributed by atoms with E-state index in [9.17, 15) is 9.59 Å². The van der Waals surface area contributed by atoms with Crippen LogP contribution in [0.2, 0.25) is 0 Å². The van der Waals surface area contributed by atoms with Gasteiger partial charge in [0.05, 0.1) is 24.5 Å². The molecule has 3 rings (SSSR count). The second-order valence-corrected chi connectivity index (χ2v) is 8.07. The third kappa shape index (κ3) is 5.67. The number of methoxy groups -OCH3 is 1. The molecule has 152 valence electrons. The van der Waals surface area contributed by atoms with Crippen molar-refractivity contribution in [3.8, 4) is 11.5 Å². The van der Waals surface area contributed by atoms with Gasteiger partial charge in [0.15, 0.2) is 11.5 Å². The monoisotopic (exact) mass is 578 g/mol. The van der Waals surface area contributed by atoms with E-state index in [-0.39, 0.29) is 11.7 Å². The van der Waals surface area contributed by atoms with Crippen molar-refractivity contribution in [2.75, 3.05) is 7.11 Å². The van der Waals surface area contributed by atoms with Crippen LogP contribution in [0.25, 0.3) is 0 Å². The highest BCUT2D eigenvalue weighted by Crippen LogP contribution is 2.28. The van der Waals surface area contributed by atoms with Crippen LogP contribution in [0.3, 0.4) is 0 Å². The summed E-state index contributed by atoms with van der Waals surface area (Å²) in [7, 11) is 1.48.